The zero-order chi connectivity index (χ0) is 37.6. The molecule has 10 aromatic carbocycles. The summed E-state index contributed by atoms with van der Waals surface area (Å²) in [6.07, 6.45) is 3.71. The molecule has 0 aliphatic carbocycles. The molecular formula is C54H31N3. The summed E-state index contributed by atoms with van der Waals surface area (Å²) >= 11 is 0. The van der Waals surface area contributed by atoms with Crippen LogP contribution in [0.1, 0.15) is 5.56 Å². The van der Waals surface area contributed by atoms with E-state index < -0.39 is 0 Å². The van der Waals surface area contributed by atoms with Crippen molar-refractivity contribution in [2.45, 2.75) is 0 Å². The van der Waals surface area contributed by atoms with Crippen LogP contribution in [-0.4, -0.2) is 9.55 Å². The van der Waals surface area contributed by atoms with Gasteiger partial charge in [0.25, 0.3) is 0 Å². The van der Waals surface area contributed by atoms with Crippen LogP contribution in [0.4, 0.5) is 0 Å². The number of nitrogens with zero attached hydrogens (tertiary/aromatic N) is 3. The Hall–Kier alpha value is -7.80. The number of hydrogen-bond acceptors (Lipinski definition) is 2. The molecule has 0 atom stereocenters. The molecule has 0 aliphatic heterocycles. The maximum Gasteiger partial charge on any atom is 0.0998 e. The molecule has 57 heavy (non-hydrogen) atoms. The molecule has 12 aromatic rings. The predicted molar refractivity (Wildman–Crippen MR) is 238 cm³/mol. The molecule has 0 spiro atoms. The first kappa shape index (κ1) is 31.5. The quantitative estimate of drug-likeness (QED) is 0.134. The largest absolute Gasteiger partial charge is 0.308 e. The van der Waals surface area contributed by atoms with Crippen molar-refractivity contribution in [1.29, 1.82) is 5.26 Å². The van der Waals surface area contributed by atoms with E-state index in [1.54, 1.807) is 6.20 Å². The van der Waals surface area contributed by atoms with Gasteiger partial charge in [0.05, 0.1) is 34.6 Å². The summed E-state index contributed by atoms with van der Waals surface area (Å²) < 4.78 is 2.28. The van der Waals surface area contributed by atoms with Crippen molar-refractivity contribution in [3.8, 4) is 45.1 Å². The zero-order valence-corrected chi connectivity index (χ0v) is 30.7. The van der Waals surface area contributed by atoms with E-state index >= 15 is 0 Å². The molecule has 0 unspecified atom stereocenters. The van der Waals surface area contributed by atoms with Gasteiger partial charge >= 0.3 is 0 Å². The summed E-state index contributed by atoms with van der Waals surface area (Å²) in [7, 11) is 0. The monoisotopic (exact) mass is 721 g/mol. The fourth-order valence-electron chi connectivity index (χ4n) is 9.76. The second-order valence-electron chi connectivity index (χ2n) is 14.9. The number of aromatic nitrogens is 2. The van der Waals surface area contributed by atoms with Gasteiger partial charge in [-0.15, -0.1) is 0 Å². The van der Waals surface area contributed by atoms with Gasteiger partial charge < -0.3 is 4.57 Å². The van der Waals surface area contributed by atoms with Crippen molar-refractivity contribution in [2.24, 2.45) is 0 Å². The summed E-state index contributed by atoms with van der Waals surface area (Å²) in [6.45, 7) is 0. The molecular weight excluding hydrogens is 691 g/mol. The minimum atomic E-state index is 0.681. The number of benzene rings is 10. The summed E-state index contributed by atoms with van der Waals surface area (Å²) in [5.74, 6) is 0. The third-order valence-corrected chi connectivity index (χ3v) is 12.1. The first-order valence-electron chi connectivity index (χ1n) is 19.4. The molecule has 2 aromatic heterocycles. The minimum absolute atomic E-state index is 0.681. The van der Waals surface area contributed by atoms with Crippen LogP contribution in [-0.2, 0) is 0 Å². The van der Waals surface area contributed by atoms with Crippen LogP contribution in [0.2, 0.25) is 0 Å². The molecule has 0 saturated heterocycles. The first-order valence-corrected chi connectivity index (χ1v) is 19.4. The molecule has 0 bridgehead atoms. The Bertz CT molecular complexity index is 3580. The van der Waals surface area contributed by atoms with Crippen LogP contribution in [0.15, 0.2) is 188 Å². The molecule has 262 valence electrons. The lowest BCUT2D eigenvalue weighted by Gasteiger charge is -2.20. The Morgan fingerprint density at radius 3 is 1.56 bits per heavy atom. The molecule has 0 fully saturated rings. The van der Waals surface area contributed by atoms with Crippen molar-refractivity contribution < 1.29 is 0 Å². The van der Waals surface area contributed by atoms with Crippen molar-refractivity contribution in [3.63, 3.8) is 0 Å². The SMILES string of the molecule is N#Cc1ccc2c3c1ccc1c(-c4ccc(-c5c6ccccc6c(-c6cccc7ccccc67)c6ccccc56)c5ccccc45)ccc(c13)n2-c1cccnc1. The van der Waals surface area contributed by atoms with Gasteiger partial charge in [-0.2, -0.15) is 5.26 Å². The van der Waals surface area contributed by atoms with Crippen molar-refractivity contribution in [3.05, 3.63) is 194 Å². The van der Waals surface area contributed by atoms with Gasteiger partial charge in [0.15, 0.2) is 0 Å². The average Bonchev–Trinajstić information content (AvgIpc) is 3.62. The molecule has 0 N–H and O–H groups in total. The van der Waals surface area contributed by atoms with E-state index in [0.717, 1.165) is 38.3 Å². The van der Waals surface area contributed by atoms with Crippen molar-refractivity contribution >= 4 is 75.7 Å². The fraction of sp³-hybridized carbons (Fsp3) is 0. The lowest BCUT2D eigenvalue weighted by atomic mass is 9.82. The highest BCUT2D eigenvalue weighted by Gasteiger charge is 2.23. The Kier molecular flexibility index (Phi) is 6.70. The number of pyridine rings is 1. The van der Waals surface area contributed by atoms with E-state index in [1.807, 2.05) is 18.3 Å². The lowest BCUT2D eigenvalue weighted by molar-refractivity contribution is 1.14. The maximum atomic E-state index is 10.1. The Labute approximate surface area is 328 Å². The van der Waals surface area contributed by atoms with Gasteiger partial charge in [-0.05, 0) is 112 Å². The fourth-order valence-corrected chi connectivity index (χ4v) is 9.76. The predicted octanol–water partition coefficient (Wildman–Crippen LogP) is 14.3. The number of nitriles is 1. The Morgan fingerprint density at radius 1 is 0.386 bits per heavy atom. The topological polar surface area (TPSA) is 41.6 Å². The van der Waals surface area contributed by atoms with Crippen LogP contribution < -0.4 is 0 Å². The third-order valence-electron chi connectivity index (χ3n) is 12.1. The standard InChI is InChI=1S/C54H31N3/c55-31-34-22-28-49-53-37(34)23-25-48-41(27-29-50(54(48)53)57(49)35-13-10-30-56-32-35)40-24-26-47(39-16-4-3-15-38(39)40)52-45-19-7-5-17-43(45)51(44-18-6-8-20-46(44)52)42-21-9-12-33-11-1-2-14-36(33)42/h1-30,32H. The molecule has 3 nitrogen and oxygen atoms in total. The van der Waals surface area contributed by atoms with Crippen LogP contribution in [0.5, 0.6) is 0 Å². The van der Waals surface area contributed by atoms with E-state index in [0.29, 0.717) is 5.56 Å². The minimum Gasteiger partial charge on any atom is -0.308 e. The molecule has 0 amide bonds. The van der Waals surface area contributed by atoms with Crippen LogP contribution >= 0.6 is 0 Å². The highest BCUT2D eigenvalue weighted by atomic mass is 15.0. The average molecular weight is 722 g/mol. The Balaban J connectivity index is 1.14. The van der Waals surface area contributed by atoms with E-state index in [9.17, 15) is 5.26 Å². The summed E-state index contributed by atoms with van der Waals surface area (Å²) in [5.41, 5.74) is 11.2. The first-order chi connectivity index (χ1) is 28.3. The van der Waals surface area contributed by atoms with Gasteiger partial charge in [0.1, 0.15) is 0 Å². The van der Waals surface area contributed by atoms with Crippen LogP contribution in [0.25, 0.3) is 115 Å². The van der Waals surface area contributed by atoms with Gasteiger partial charge in [0.2, 0.25) is 0 Å². The van der Waals surface area contributed by atoms with E-state index in [1.165, 1.54) is 76.5 Å². The lowest BCUT2D eigenvalue weighted by Crippen LogP contribution is -1.94. The smallest absolute Gasteiger partial charge is 0.0998 e. The highest BCUT2D eigenvalue weighted by molar-refractivity contribution is 6.29. The van der Waals surface area contributed by atoms with Gasteiger partial charge in [-0.25, -0.2) is 0 Å². The van der Waals surface area contributed by atoms with E-state index in [2.05, 4.69) is 179 Å². The van der Waals surface area contributed by atoms with Crippen molar-refractivity contribution in [1.82, 2.24) is 9.55 Å². The van der Waals surface area contributed by atoms with Crippen LogP contribution in [0, 0.1) is 11.3 Å². The summed E-state index contributed by atoms with van der Waals surface area (Å²) in [4.78, 5) is 4.46. The number of rotatable bonds is 4. The maximum absolute atomic E-state index is 10.1. The van der Waals surface area contributed by atoms with Crippen LogP contribution in [0.3, 0.4) is 0 Å². The van der Waals surface area contributed by atoms with Gasteiger partial charge in [-0.3, -0.25) is 4.98 Å². The number of fused-ring (bicyclic) bond motifs is 4. The third kappa shape index (κ3) is 4.44. The summed E-state index contributed by atoms with van der Waals surface area (Å²) in [6, 6.07) is 66.1. The van der Waals surface area contributed by atoms with Gasteiger partial charge in [-0.1, -0.05) is 146 Å². The molecule has 2 heterocycles. The van der Waals surface area contributed by atoms with Crippen molar-refractivity contribution in [2.75, 3.05) is 0 Å². The van der Waals surface area contributed by atoms with E-state index in [4.69, 9.17) is 0 Å². The Morgan fingerprint density at radius 2 is 0.895 bits per heavy atom. The second kappa shape index (κ2) is 12.1. The highest BCUT2D eigenvalue weighted by Crippen LogP contribution is 2.49. The second-order valence-corrected chi connectivity index (χ2v) is 14.9. The number of hydrogen-bond donors (Lipinski definition) is 0. The normalized spacial score (nSPS) is 11.8. The van der Waals surface area contributed by atoms with Gasteiger partial charge in [0, 0.05) is 22.4 Å². The summed E-state index contributed by atoms with van der Waals surface area (Å²) in [5, 5.41) is 24.4. The van der Waals surface area contributed by atoms with E-state index in [-0.39, 0.29) is 0 Å². The molecule has 0 aliphatic rings. The molecule has 12 rings (SSSR count). The zero-order valence-electron chi connectivity index (χ0n) is 30.7. The molecule has 0 radical (unpaired) electrons. The molecule has 0 saturated carbocycles. The molecule has 3 heteroatoms.